The first-order valence-corrected chi connectivity index (χ1v) is 11.9. The molecule has 0 unspecified atom stereocenters. The normalized spacial score (nSPS) is 14.3. The van der Waals surface area contributed by atoms with Crippen LogP contribution in [0.4, 0.5) is 5.69 Å². The van der Waals surface area contributed by atoms with Crippen LogP contribution in [0.25, 0.3) is 22.5 Å². The summed E-state index contributed by atoms with van der Waals surface area (Å²) in [5.74, 6) is 1.19. The molecule has 166 valence electrons. The molecule has 0 bridgehead atoms. The number of nitrogens with one attached hydrogen (secondary N) is 2. The van der Waals surface area contributed by atoms with E-state index in [-0.39, 0.29) is 0 Å². The Bertz CT molecular complexity index is 1420. The number of hydrogen-bond donors (Lipinski definition) is 2. The van der Waals surface area contributed by atoms with Gasteiger partial charge >= 0.3 is 0 Å². The van der Waals surface area contributed by atoms with E-state index in [4.69, 9.17) is 9.72 Å². The van der Waals surface area contributed by atoms with Crippen LogP contribution in [0, 0.1) is 0 Å². The quantitative estimate of drug-likeness (QED) is 0.321. The van der Waals surface area contributed by atoms with Crippen LogP contribution in [0.5, 0.6) is 5.88 Å². The first-order chi connectivity index (χ1) is 16.8. The van der Waals surface area contributed by atoms with Crippen LogP contribution in [0.2, 0.25) is 0 Å². The van der Waals surface area contributed by atoms with Crippen molar-refractivity contribution in [1.29, 1.82) is 0 Å². The highest BCUT2D eigenvalue weighted by atomic mass is 32.2. The number of nitrogens with zero attached hydrogens (tertiary/aromatic N) is 4. The Morgan fingerprint density at radius 3 is 2.47 bits per heavy atom. The highest BCUT2D eigenvalue weighted by Gasteiger charge is 2.28. The molecule has 1 atom stereocenters. The van der Waals surface area contributed by atoms with Gasteiger partial charge in [0.25, 0.3) is 0 Å². The first-order valence-electron chi connectivity index (χ1n) is 10.9. The second-order valence-corrected chi connectivity index (χ2v) is 8.72. The average Bonchev–Trinajstić information content (AvgIpc) is 3.33. The summed E-state index contributed by atoms with van der Waals surface area (Å²) < 4.78 is 6.44. The summed E-state index contributed by atoms with van der Waals surface area (Å²) >= 11 is 1.53. The number of para-hydroxylation sites is 1. The lowest BCUT2D eigenvalue weighted by Crippen LogP contribution is -2.17. The van der Waals surface area contributed by atoms with Crippen LogP contribution in [0.1, 0.15) is 17.4 Å². The van der Waals surface area contributed by atoms with E-state index in [1.807, 2.05) is 72.8 Å². The van der Waals surface area contributed by atoms with Gasteiger partial charge in [-0.2, -0.15) is 10.1 Å². The molecular weight excluding hydrogens is 444 g/mol. The molecule has 0 saturated carbocycles. The van der Waals surface area contributed by atoms with Crippen LogP contribution in [0.3, 0.4) is 0 Å². The van der Waals surface area contributed by atoms with Crippen molar-refractivity contribution in [1.82, 2.24) is 25.4 Å². The molecule has 0 spiro atoms. The van der Waals surface area contributed by atoms with Gasteiger partial charge in [0.2, 0.25) is 17.3 Å². The Morgan fingerprint density at radius 2 is 1.62 bits per heavy atom. The van der Waals surface area contributed by atoms with Gasteiger partial charge in [0, 0.05) is 22.6 Å². The van der Waals surface area contributed by atoms with Crippen LogP contribution in [-0.2, 0) is 5.75 Å². The van der Waals surface area contributed by atoms with Gasteiger partial charge in [-0.3, -0.25) is 5.10 Å². The highest BCUT2D eigenvalue weighted by molar-refractivity contribution is 7.98. The Labute approximate surface area is 200 Å². The van der Waals surface area contributed by atoms with Gasteiger partial charge in [0.15, 0.2) is 5.69 Å². The molecule has 1 aliphatic rings. The molecule has 0 amide bonds. The Kier molecular flexibility index (Phi) is 5.41. The van der Waals surface area contributed by atoms with Gasteiger partial charge in [-0.25, -0.2) is 0 Å². The lowest BCUT2D eigenvalue weighted by molar-refractivity contribution is 0.226. The molecular formula is C26H20N6OS. The summed E-state index contributed by atoms with van der Waals surface area (Å²) in [6.45, 7) is 0. The molecule has 34 heavy (non-hydrogen) atoms. The number of ether oxygens (including phenoxy) is 1. The first kappa shape index (κ1) is 20.4. The third-order valence-electron chi connectivity index (χ3n) is 5.56. The third-order valence-corrected chi connectivity index (χ3v) is 6.47. The largest absolute Gasteiger partial charge is 0.448 e. The lowest BCUT2D eigenvalue weighted by atomic mass is 10.1. The molecule has 8 heteroatoms. The van der Waals surface area contributed by atoms with E-state index in [9.17, 15) is 0 Å². The summed E-state index contributed by atoms with van der Waals surface area (Å²) in [7, 11) is 0. The van der Waals surface area contributed by atoms with E-state index < -0.39 is 6.23 Å². The van der Waals surface area contributed by atoms with E-state index >= 15 is 0 Å². The van der Waals surface area contributed by atoms with Crippen molar-refractivity contribution in [2.24, 2.45) is 0 Å². The van der Waals surface area contributed by atoms with Crippen LogP contribution < -0.4 is 10.1 Å². The zero-order chi connectivity index (χ0) is 22.7. The number of rotatable bonds is 5. The molecule has 1 aliphatic heterocycles. The van der Waals surface area contributed by atoms with Crippen molar-refractivity contribution in [3.8, 4) is 28.4 Å². The van der Waals surface area contributed by atoms with Crippen molar-refractivity contribution < 1.29 is 4.74 Å². The molecule has 0 radical (unpaired) electrons. The minimum absolute atomic E-state index is 0.438. The molecule has 2 aromatic heterocycles. The Hall–Kier alpha value is -4.17. The van der Waals surface area contributed by atoms with Gasteiger partial charge in [-0.05, 0) is 11.6 Å². The molecule has 0 saturated heterocycles. The van der Waals surface area contributed by atoms with Crippen LogP contribution in [0.15, 0.2) is 96.3 Å². The van der Waals surface area contributed by atoms with E-state index in [1.54, 1.807) is 6.20 Å². The summed E-state index contributed by atoms with van der Waals surface area (Å²) in [5.41, 5.74) is 6.39. The van der Waals surface area contributed by atoms with E-state index in [0.29, 0.717) is 16.7 Å². The van der Waals surface area contributed by atoms with E-state index in [2.05, 4.69) is 37.8 Å². The molecule has 2 N–H and O–H groups in total. The van der Waals surface area contributed by atoms with Crippen molar-refractivity contribution in [2.75, 3.05) is 5.32 Å². The van der Waals surface area contributed by atoms with Crippen molar-refractivity contribution in [3.63, 3.8) is 0 Å². The maximum atomic E-state index is 6.44. The zero-order valence-corrected chi connectivity index (χ0v) is 18.9. The summed E-state index contributed by atoms with van der Waals surface area (Å²) in [6, 6.07) is 28.2. The maximum absolute atomic E-state index is 6.44. The van der Waals surface area contributed by atoms with Crippen molar-refractivity contribution >= 4 is 17.4 Å². The second-order valence-electron chi connectivity index (χ2n) is 7.78. The fourth-order valence-corrected chi connectivity index (χ4v) is 4.64. The van der Waals surface area contributed by atoms with E-state index in [1.165, 1.54) is 17.3 Å². The lowest BCUT2D eigenvalue weighted by Gasteiger charge is -2.19. The maximum Gasteiger partial charge on any atom is 0.247 e. The minimum Gasteiger partial charge on any atom is -0.448 e. The zero-order valence-electron chi connectivity index (χ0n) is 18.1. The van der Waals surface area contributed by atoms with Crippen molar-refractivity contribution in [2.45, 2.75) is 17.1 Å². The number of aromatic nitrogens is 5. The van der Waals surface area contributed by atoms with Gasteiger partial charge in [-0.15, -0.1) is 10.2 Å². The fraction of sp³-hybridized carbons (Fsp3) is 0.0769. The number of fused-ring (bicyclic) bond motifs is 3. The molecule has 3 aromatic carbocycles. The van der Waals surface area contributed by atoms with Crippen LogP contribution in [-0.4, -0.2) is 25.4 Å². The number of hydrogen-bond acceptors (Lipinski definition) is 7. The minimum atomic E-state index is -0.514. The van der Waals surface area contributed by atoms with Gasteiger partial charge in [-0.1, -0.05) is 90.6 Å². The molecule has 0 fully saturated rings. The third kappa shape index (κ3) is 3.99. The molecule has 0 aliphatic carbocycles. The van der Waals surface area contributed by atoms with Crippen LogP contribution >= 0.6 is 11.8 Å². The predicted molar refractivity (Wildman–Crippen MR) is 132 cm³/mol. The highest BCUT2D eigenvalue weighted by Crippen LogP contribution is 2.41. The molecule has 6 rings (SSSR count). The predicted octanol–water partition coefficient (Wildman–Crippen LogP) is 5.72. The standard InChI is InChI=1S/C26H20N6OS/c1-3-9-17(10-4-1)16-34-26-29-25-23(31-32-26)19-13-7-8-14-21(19)28-24(33-25)20-15-27-30-22(20)18-11-5-2-6-12-18/h1-15,24,28H,16H2,(H,27,30)/t24-/m0/s1. The number of anilines is 1. The number of H-pyrrole nitrogens is 1. The number of thioether (sulfide) groups is 1. The fourth-order valence-electron chi connectivity index (χ4n) is 3.90. The number of aromatic amines is 1. The molecule has 3 heterocycles. The average molecular weight is 465 g/mol. The topological polar surface area (TPSA) is 88.6 Å². The second kappa shape index (κ2) is 8.99. The van der Waals surface area contributed by atoms with Gasteiger partial charge in [0.1, 0.15) is 0 Å². The summed E-state index contributed by atoms with van der Waals surface area (Å²) in [6.07, 6.45) is 1.27. The monoisotopic (exact) mass is 464 g/mol. The SMILES string of the molecule is c1ccc(CSc2nnc3c(n2)O[C@@H](c2cn[nH]c2-c2ccccc2)Nc2ccccc2-3)cc1. The summed E-state index contributed by atoms with van der Waals surface area (Å²) in [5, 5.41) is 20.4. The Morgan fingerprint density at radius 1 is 0.853 bits per heavy atom. The Balaban J connectivity index is 1.38. The molecule has 5 aromatic rings. The number of benzene rings is 3. The smallest absolute Gasteiger partial charge is 0.247 e. The molecule has 7 nitrogen and oxygen atoms in total. The van der Waals surface area contributed by atoms with E-state index in [0.717, 1.165) is 33.8 Å². The van der Waals surface area contributed by atoms with Crippen molar-refractivity contribution in [3.05, 3.63) is 102 Å². The summed E-state index contributed by atoms with van der Waals surface area (Å²) in [4.78, 5) is 4.75. The van der Waals surface area contributed by atoms with Gasteiger partial charge in [0.05, 0.1) is 17.5 Å². The van der Waals surface area contributed by atoms with Gasteiger partial charge < -0.3 is 10.1 Å².